The monoisotopic (exact) mass is 717 g/mol. The largest absolute Gasteiger partial charge is 0.392 e. The van der Waals surface area contributed by atoms with Gasteiger partial charge in [-0.15, -0.1) is 0 Å². The molecule has 3 atom stereocenters. The van der Waals surface area contributed by atoms with Gasteiger partial charge in [0.25, 0.3) is 5.91 Å². The smallest absolute Gasteiger partial charge is 0.257 e. The van der Waals surface area contributed by atoms with Gasteiger partial charge < -0.3 is 24.5 Å². The van der Waals surface area contributed by atoms with Gasteiger partial charge in [0.2, 0.25) is 5.82 Å². The fourth-order valence-corrected chi connectivity index (χ4v) is 5.88. The molecule has 2 heterocycles. The van der Waals surface area contributed by atoms with Crippen molar-refractivity contribution in [1.82, 2.24) is 14.9 Å². The number of nitrogens with one attached hydrogen (secondary N) is 1. The number of halogens is 7. The van der Waals surface area contributed by atoms with E-state index in [0.717, 1.165) is 11.1 Å². The number of imidazole rings is 1. The number of aliphatic hydroxyl groups is 1. The Morgan fingerprint density at radius 1 is 0.857 bits per heavy atom. The summed E-state index contributed by atoms with van der Waals surface area (Å²) in [6.07, 6.45) is 0.510. The van der Waals surface area contributed by atoms with Gasteiger partial charge in [-0.05, 0) is 27.8 Å². The van der Waals surface area contributed by atoms with Crippen LogP contribution < -0.4 is 5.32 Å². The maximum atomic E-state index is 14.2. The van der Waals surface area contributed by atoms with Gasteiger partial charge in [-0.25, -0.2) is 26.9 Å². The van der Waals surface area contributed by atoms with Crippen LogP contribution in [-0.4, -0.2) is 26.7 Å². The highest BCUT2D eigenvalue weighted by Gasteiger charge is 2.33. The number of hydrogen-bond donors (Lipinski definition) is 2. The van der Waals surface area contributed by atoms with Gasteiger partial charge in [-0.3, -0.25) is 4.79 Å². The molecule has 1 aliphatic heterocycles. The third-order valence-corrected chi connectivity index (χ3v) is 8.91. The van der Waals surface area contributed by atoms with Crippen LogP contribution in [0.1, 0.15) is 51.4 Å². The molecule has 0 saturated carbocycles. The molecular weight excluding hydrogens is 692 g/mol. The lowest BCUT2D eigenvalue weighted by atomic mass is 9.97. The van der Waals surface area contributed by atoms with Crippen LogP contribution in [0.25, 0.3) is 11.1 Å². The molecule has 0 unspecified atom stereocenters. The second kappa shape index (κ2) is 14.7. The van der Waals surface area contributed by atoms with E-state index in [9.17, 15) is 31.9 Å². The van der Waals surface area contributed by atoms with Crippen LogP contribution in [-0.2, 0) is 29.2 Å². The molecule has 0 spiro atoms. The van der Waals surface area contributed by atoms with Crippen molar-refractivity contribution in [2.75, 3.05) is 0 Å². The van der Waals surface area contributed by atoms with Crippen molar-refractivity contribution in [2.24, 2.45) is 0 Å². The van der Waals surface area contributed by atoms with Crippen molar-refractivity contribution in [1.29, 1.82) is 0 Å². The second-order valence-electron chi connectivity index (χ2n) is 11.2. The minimum absolute atomic E-state index is 0.0901. The summed E-state index contributed by atoms with van der Waals surface area (Å²) < 4.78 is 83.6. The number of aromatic nitrogens is 2. The van der Waals surface area contributed by atoms with E-state index in [-0.39, 0.29) is 35.7 Å². The van der Waals surface area contributed by atoms with Crippen LogP contribution in [0.5, 0.6) is 0 Å². The Kier molecular flexibility index (Phi) is 10.3. The van der Waals surface area contributed by atoms with Crippen molar-refractivity contribution in [3.63, 3.8) is 0 Å². The molecule has 4 aromatic carbocycles. The number of nitrogens with zero attached hydrogens (tertiary/aromatic N) is 2. The van der Waals surface area contributed by atoms with E-state index in [4.69, 9.17) is 32.7 Å². The van der Waals surface area contributed by atoms with Crippen LogP contribution in [0.15, 0.2) is 79.1 Å². The number of ether oxygens (including phenoxy) is 2. The van der Waals surface area contributed by atoms with Crippen LogP contribution in [0.2, 0.25) is 10.3 Å². The van der Waals surface area contributed by atoms with Crippen LogP contribution >= 0.6 is 23.2 Å². The lowest BCUT2D eigenvalue weighted by Gasteiger charge is -2.36. The minimum Gasteiger partial charge on any atom is -0.392 e. The molecule has 0 aliphatic carbocycles. The molecule has 6 rings (SSSR count). The zero-order valence-electron chi connectivity index (χ0n) is 25.3. The Hall–Kier alpha value is -4.33. The summed E-state index contributed by atoms with van der Waals surface area (Å²) in [5.41, 5.74) is 2.64. The highest BCUT2D eigenvalue weighted by atomic mass is 35.5. The summed E-state index contributed by atoms with van der Waals surface area (Å²) in [4.78, 5) is 16.6. The van der Waals surface area contributed by atoms with Gasteiger partial charge in [0, 0.05) is 18.5 Å². The van der Waals surface area contributed by atoms with Gasteiger partial charge in [-0.1, -0.05) is 96.0 Å². The van der Waals surface area contributed by atoms with Crippen LogP contribution in [0, 0.1) is 29.1 Å². The van der Waals surface area contributed by atoms with E-state index in [2.05, 4.69) is 10.3 Å². The Labute approximate surface area is 286 Å². The first kappa shape index (κ1) is 34.5. The summed E-state index contributed by atoms with van der Waals surface area (Å²) in [6, 6.07) is 21.5. The number of amides is 1. The maximum absolute atomic E-state index is 14.2. The van der Waals surface area contributed by atoms with Crippen molar-refractivity contribution in [3.05, 3.63) is 146 Å². The molecule has 2 N–H and O–H groups in total. The third kappa shape index (κ3) is 7.19. The summed E-state index contributed by atoms with van der Waals surface area (Å²) in [5, 5.41) is 12.2. The van der Waals surface area contributed by atoms with Gasteiger partial charge in [-0.2, -0.15) is 0 Å². The minimum atomic E-state index is -2.35. The maximum Gasteiger partial charge on any atom is 0.257 e. The molecule has 7 nitrogen and oxygen atoms in total. The first-order chi connectivity index (χ1) is 23.5. The van der Waals surface area contributed by atoms with E-state index in [1.807, 2.05) is 24.3 Å². The van der Waals surface area contributed by atoms with E-state index in [1.54, 1.807) is 53.1 Å². The van der Waals surface area contributed by atoms with E-state index < -0.39 is 46.8 Å². The molecular formula is C35H26Cl2F5N3O4. The molecule has 254 valence electrons. The zero-order valence-corrected chi connectivity index (χ0v) is 26.8. The average Bonchev–Trinajstić information content (AvgIpc) is 3.44. The Balaban J connectivity index is 1.22. The number of carbonyl (C=O) groups is 1. The van der Waals surface area contributed by atoms with Gasteiger partial charge in [0.05, 0.1) is 31.7 Å². The third-order valence-electron chi connectivity index (χ3n) is 8.14. The van der Waals surface area contributed by atoms with Crippen molar-refractivity contribution < 1.29 is 41.3 Å². The number of carbonyl (C=O) groups excluding carboxylic acids is 1. The fourth-order valence-electron chi connectivity index (χ4n) is 5.57. The number of benzene rings is 4. The Morgan fingerprint density at radius 2 is 1.49 bits per heavy atom. The summed E-state index contributed by atoms with van der Waals surface area (Å²) in [5.74, 6) is -12.6. The lowest BCUT2D eigenvalue weighted by molar-refractivity contribution is -0.252. The topological polar surface area (TPSA) is 85.6 Å². The molecule has 1 saturated heterocycles. The normalized spacial score (nSPS) is 17.7. The lowest BCUT2D eigenvalue weighted by Crippen LogP contribution is -2.32. The molecule has 5 aromatic rings. The number of hydrogen-bond acceptors (Lipinski definition) is 5. The van der Waals surface area contributed by atoms with Crippen LogP contribution in [0.3, 0.4) is 0 Å². The first-order valence-electron chi connectivity index (χ1n) is 14.9. The SMILES string of the molecule is O=C(NCc1ccccc1-c1ccc([C@H]2O[C@@H](Cn3cnc(Cl)c3Cl)C[C@@H](c3ccc(CO)cc3)O2)cc1)c1c(F)c(F)c(F)c(F)c1F. The van der Waals surface area contributed by atoms with Crippen molar-refractivity contribution in [3.8, 4) is 11.1 Å². The van der Waals surface area contributed by atoms with Crippen molar-refractivity contribution >= 4 is 29.1 Å². The Morgan fingerprint density at radius 3 is 2.12 bits per heavy atom. The van der Waals surface area contributed by atoms with Crippen molar-refractivity contribution in [2.45, 2.75) is 44.6 Å². The standard InChI is InChI=1S/C35H26Cl2F5N3O4/c36-32-33(37)45(17-44-32)15-23-13-25(20-7-5-18(16-46)6-8-20)49-35(48-23)21-11-9-19(10-12-21)24-4-2-1-3-22(24)14-43-34(47)26-27(38)29(40)31(42)30(41)28(26)39/h1-12,17,23,25,35,46H,13-16H2,(H,43,47)/t23-,25+,35+/m1/s1. The molecule has 0 bridgehead atoms. The Bertz CT molecular complexity index is 1960. The van der Waals surface area contributed by atoms with Gasteiger partial charge >= 0.3 is 0 Å². The molecule has 49 heavy (non-hydrogen) atoms. The first-order valence-corrected chi connectivity index (χ1v) is 15.7. The zero-order chi connectivity index (χ0) is 34.8. The van der Waals surface area contributed by atoms with Gasteiger partial charge in [0.15, 0.2) is 34.7 Å². The predicted octanol–water partition coefficient (Wildman–Crippen LogP) is 8.22. The van der Waals surface area contributed by atoms with Crippen LogP contribution in [0.4, 0.5) is 22.0 Å². The predicted molar refractivity (Wildman–Crippen MR) is 170 cm³/mol. The number of rotatable bonds is 9. The summed E-state index contributed by atoms with van der Waals surface area (Å²) >= 11 is 12.4. The highest BCUT2D eigenvalue weighted by Crippen LogP contribution is 2.39. The molecule has 0 radical (unpaired) electrons. The molecule has 1 aliphatic rings. The fraction of sp³-hybridized carbons (Fsp3) is 0.200. The molecule has 1 amide bonds. The number of aliphatic hydroxyl groups excluding tert-OH is 1. The van der Waals surface area contributed by atoms with E-state index in [0.29, 0.717) is 35.2 Å². The second-order valence-corrected chi connectivity index (χ2v) is 12.0. The highest BCUT2D eigenvalue weighted by molar-refractivity contribution is 6.40. The quantitative estimate of drug-likeness (QED) is 0.0912. The molecule has 14 heteroatoms. The average molecular weight is 719 g/mol. The van der Waals surface area contributed by atoms with E-state index in [1.165, 1.54) is 6.33 Å². The van der Waals surface area contributed by atoms with Gasteiger partial charge in [0.1, 0.15) is 10.7 Å². The van der Waals surface area contributed by atoms with E-state index >= 15 is 0 Å². The molecule has 1 fully saturated rings. The summed E-state index contributed by atoms with van der Waals surface area (Å²) in [7, 11) is 0. The molecule has 1 aromatic heterocycles. The summed E-state index contributed by atoms with van der Waals surface area (Å²) in [6.45, 7) is -0.0105.